The van der Waals surface area contributed by atoms with Crippen LogP contribution in [0, 0.1) is 0 Å². The molecule has 2 N–H and O–H groups in total. The van der Waals surface area contributed by atoms with E-state index < -0.39 is 24.5 Å². The Balaban J connectivity index is 1.36. The van der Waals surface area contributed by atoms with Gasteiger partial charge in [-0.3, -0.25) is 14.8 Å². The zero-order valence-electron chi connectivity index (χ0n) is 15.5. The molecule has 0 radical (unpaired) electrons. The van der Waals surface area contributed by atoms with E-state index in [0.717, 1.165) is 10.4 Å². The van der Waals surface area contributed by atoms with Gasteiger partial charge in [0.25, 0.3) is 5.91 Å². The molecule has 8 nitrogen and oxygen atoms in total. The first kappa shape index (κ1) is 20.3. The Bertz CT molecular complexity index is 938. The largest absolute Gasteiger partial charge is 0.452 e. The number of amides is 3. The molecule has 0 atom stereocenters. The van der Waals surface area contributed by atoms with Crippen LogP contribution >= 0.6 is 11.3 Å². The molecule has 0 aliphatic rings. The molecule has 1 aromatic carbocycles. The highest BCUT2D eigenvalue weighted by Crippen LogP contribution is 2.08. The smallest absolute Gasteiger partial charge is 0.338 e. The third-order valence-electron chi connectivity index (χ3n) is 3.92. The molecule has 2 heterocycles. The Hall–Kier alpha value is -3.46. The van der Waals surface area contributed by atoms with E-state index in [9.17, 15) is 14.4 Å². The maximum absolute atomic E-state index is 12.0. The summed E-state index contributed by atoms with van der Waals surface area (Å²) in [5, 5.41) is 10.8. The lowest BCUT2D eigenvalue weighted by atomic mass is 10.1. The number of rotatable bonds is 8. The summed E-state index contributed by atoms with van der Waals surface area (Å²) in [5.74, 6) is -1.33. The molecule has 150 valence electrons. The van der Waals surface area contributed by atoms with Crippen LogP contribution in [0.25, 0.3) is 0 Å². The Labute approximate surface area is 171 Å². The molecule has 0 saturated heterocycles. The van der Waals surface area contributed by atoms with Gasteiger partial charge >= 0.3 is 12.0 Å². The minimum atomic E-state index is -0.692. The summed E-state index contributed by atoms with van der Waals surface area (Å²) in [4.78, 5) is 36.6. The van der Waals surface area contributed by atoms with E-state index in [-0.39, 0.29) is 0 Å². The van der Waals surface area contributed by atoms with Crippen molar-refractivity contribution in [3.8, 4) is 0 Å². The van der Waals surface area contributed by atoms with Gasteiger partial charge in [0.05, 0.1) is 12.1 Å². The molecule has 3 aromatic rings. The predicted octanol–water partition coefficient (Wildman–Crippen LogP) is 2.22. The van der Waals surface area contributed by atoms with Crippen LogP contribution in [-0.4, -0.2) is 40.8 Å². The van der Waals surface area contributed by atoms with Crippen LogP contribution in [0.4, 0.5) is 4.79 Å². The summed E-state index contributed by atoms with van der Waals surface area (Å²) in [5.41, 5.74) is 1.30. The normalized spacial score (nSPS) is 10.3. The van der Waals surface area contributed by atoms with Crippen LogP contribution in [0.2, 0.25) is 0 Å². The van der Waals surface area contributed by atoms with Gasteiger partial charge in [0.15, 0.2) is 6.61 Å². The average Bonchev–Trinajstić information content (AvgIpc) is 3.41. The first-order chi connectivity index (χ1) is 14.1. The Kier molecular flexibility index (Phi) is 7.12. The van der Waals surface area contributed by atoms with E-state index in [2.05, 4.69) is 15.7 Å². The second kappa shape index (κ2) is 10.2. The molecule has 0 aliphatic carbocycles. The van der Waals surface area contributed by atoms with E-state index in [0.29, 0.717) is 25.1 Å². The van der Waals surface area contributed by atoms with Crippen molar-refractivity contribution in [2.24, 2.45) is 0 Å². The van der Waals surface area contributed by atoms with E-state index >= 15 is 0 Å². The molecule has 0 fully saturated rings. The molecule has 29 heavy (non-hydrogen) atoms. The van der Waals surface area contributed by atoms with Crippen molar-refractivity contribution in [1.29, 1.82) is 0 Å². The van der Waals surface area contributed by atoms with Gasteiger partial charge in [-0.25, -0.2) is 9.59 Å². The average molecular weight is 412 g/mol. The molecule has 0 bridgehead atoms. The minimum absolute atomic E-state index is 0.322. The number of benzene rings is 1. The Morgan fingerprint density at radius 3 is 2.62 bits per heavy atom. The summed E-state index contributed by atoms with van der Waals surface area (Å²) in [6.07, 6.45) is 4.23. The summed E-state index contributed by atoms with van der Waals surface area (Å²) in [6.45, 7) is 0.461. The number of aromatic nitrogens is 2. The summed E-state index contributed by atoms with van der Waals surface area (Å²) in [6, 6.07) is 11.9. The van der Waals surface area contributed by atoms with Crippen LogP contribution in [0.1, 0.15) is 20.8 Å². The van der Waals surface area contributed by atoms with Crippen molar-refractivity contribution < 1.29 is 19.1 Å². The van der Waals surface area contributed by atoms with Gasteiger partial charge in [0, 0.05) is 23.8 Å². The van der Waals surface area contributed by atoms with Gasteiger partial charge in [-0.2, -0.15) is 5.10 Å². The lowest BCUT2D eigenvalue weighted by Gasteiger charge is -2.08. The third-order valence-corrected chi connectivity index (χ3v) is 4.85. The van der Waals surface area contributed by atoms with Crippen molar-refractivity contribution >= 4 is 29.2 Å². The zero-order valence-corrected chi connectivity index (χ0v) is 16.4. The SMILES string of the molecule is O=C(COC(=O)c1ccc(Cn2cccn2)cc1)NC(=O)NCCc1cccs1. The zero-order chi connectivity index (χ0) is 20.5. The maximum atomic E-state index is 12.0. The molecule has 0 unspecified atom stereocenters. The van der Waals surface area contributed by atoms with E-state index in [1.54, 1.807) is 46.5 Å². The van der Waals surface area contributed by atoms with Crippen molar-refractivity contribution in [1.82, 2.24) is 20.4 Å². The van der Waals surface area contributed by atoms with E-state index in [1.807, 2.05) is 29.8 Å². The van der Waals surface area contributed by atoms with Crippen molar-refractivity contribution in [2.45, 2.75) is 13.0 Å². The molecule has 0 saturated carbocycles. The van der Waals surface area contributed by atoms with Gasteiger partial charge in [-0.1, -0.05) is 18.2 Å². The number of urea groups is 1. The number of imide groups is 1. The number of thiophene rings is 1. The molecule has 3 amide bonds. The third kappa shape index (κ3) is 6.58. The fourth-order valence-electron chi connectivity index (χ4n) is 2.50. The first-order valence-corrected chi connectivity index (χ1v) is 9.81. The minimum Gasteiger partial charge on any atom is -0.452 e. The number of hydrogen-bond donors (Lipinski definition) is 2. The number of nitrogens with one attached hydrogen (secondary N) is 2. The van der Waals surface area contributed by atoms with Crippen LogP contribution in [0.15, 0.2) is 60.2 Å². The summed E-state index contributed by atoms with van der Waals surface area (Å²) >= 11 is 1.60. The second-order valence-electron chi connectivity index (χ2n) is 6.11. The van der Waals surface area contributed by atoms with Crippen molar-refractivity contribution in [3.05, 3.63) is 76.2 Å². The first-order valence-electron chi connectivity index (χ1n) is 8.94. The van der Waals surface area contributed by atoms with Gasteiger partial charge in [0.1, 0.15) is 0 Å². The molecule has 0 spiro atoms. The summed E-state index contributed by atoms with van der Waals surface area (Å²) < 4.78 is 6.72. The van der Waals surface area contributed by atoms with E-state index in [4.69, 9.17) is 4.74 Å². The highest BCUT2D eigenvalue weighted by Gasteiger charge is 2.12. The van der Waals surface area contributed by atoms with Crippen LogP contribution < -0.4 is 10.6 Å². The fraction of sp³-hybridized carbons (Fsp3) is 0.200. The molecule has 2 aromatic heterocycles. The molecule has 9 heteroatoms. The monoisotopic (exact) mass is 412 g/mol. The lowest BCUT2D eigenvalue weighted by Crippen LogP contribution is -2.42. The number of hydrogen-bond acceptors (Lipinski definition) is 6. The van der Waals surface area contributed by atoms with Crippen LogP contribution in [0.5, 0.6) is 0 Å². The van der Waals surface area contributed by atoms with Crippen molar-refractivity contribution in [2.75, 3.05) is 13.2 Å². The number of nitrogens with zero attached hydrogens (tertiary/aromatic N) is 2. The maximum Gasteiger partial charge on any atom is 0.338 e. The highest BCUT2D eigenvalue weighted by atomic mass is 32.1. The topological polar surface area (TPSA) is 102 Å². The van der Waals surface area contributed by atoms with Gasteiger partial charge in [-0.05, 0) is 41.6 Å². The van der Waals surface area contributed by atoms with Crippen LogP contribution in [0.3, 0.4) is 0 Å². The number of esters is 1. The second-order valence-corrected chi connectivity index (χ2v) is 7.14. The summed E-state index contributed by atoms with van der Waals surface area (Å²) in [7, 11) is 0. The quantitative estimate of drug-likeness (QED) is 0.553. The molecule has 0 aliphatic heterocycles. The number of carbonyl (C=O) groups excluding carboxylic acids is 3. The Morgan fingerprint density at radius 1 is 1.10 bits per heavy atom. The lowest BCUT2D eigenvalue weighted by molar-refractivity contribution is -0.123. The molecular weight excluding hydrogens is 392 g/mol. The molecule has 3 rings (SSSR count). The standard InChI is InChI=1S/C20H20N4O4S/c25-18(23-20(27)21-10-8-17-3-1-12-29-17)14-28-19(26)16-6-4-15(5-7-16)13-24-11-2-9-22-24/h1-7,9,11-12H,8,10,13-14H2,(H2,21,23,25,27). The van der Waals surface area contributed by atoms with E-state index in [1.165, 1.54) is 0 Å². The Morgan fingerprint density at radius 2 is 1.93 bits per heavy atom. The van der Waals surface area contributed by atoms with Gasteiger partial charge in [0.2, 0.25) is 0 Å². The predicted molar refractivity (Wildman–Crippen MR) is 108 cm³/mol. The van der Waals surface area contributed by atoms with Crippen molar-refractivity contribution in [3.63, 3.8) is 0 Å². The highest BCUT2D eigenvalue weighted by molar-refractivity contribution is 7.09. The number of ether oxygens (including phenoxy) is 1. The van der Waals surface area contributed by atoms with Gasteiger partial charge in [-0.15, -0.1) is 11.3 Å². The van der Waals surface area contributed by atoms with Gasteiger partial charge < -0.3 is 10.1 Å². The number of carbonyl (C=O) groups is 3. The molecular formula is C20H20N4O4S. The van der Waals surface area contributed by atoms with Crippen LogP contribution in [-0.2, 0) is 22.5 Å². The fourth-order valence-corrected chi connectivity index (χ4v) is 3.21.